The molecule has 0 radical (unpaired) electrons. The third-order valence-electron chi connectivity index (χ3n) is 3.10. The third kappa shape index (κ3) is 4.13. The summed E-state index contributed by atoms with van der Waals surface area (Å²) >= 11 is 0. The van der Waals surface area contributed by atoms with Gasteiger partial charge in [-0.15, -0.1) is 0 Å². The van der Waals surface area contributed by atoms with Crippen LogP contribution in [0.2, 0.25) is 0 Å². The van der Waals surface area contributed by atoms with Crippen molar-refractivity contribution in [3.8, 4) is 11.5 Å². The van der Waals surface area contributed by atoms with E-state index in [2.05, 4.69) is 5.32 Å². The van der Waals surface area contributed by atoms with E-state index in [9.17, 15) is 4.79 Å². The first kappa shape index (κ1) is 15.3. The van der Waals surface area contributed by atoms with Gasteiger partial charge in [0.1, 0.15) is 11.5 Å². The highest BCUT2D eigenvalue weighted by Gasteiger charge is 2.14. The summed E-state index contributed by atoms with van der Waals surface area (Å²) in [5.74, 6) is 1.26. The topological polar surface area (TPSA) is 73.6 Å². The number of methoxy groups -OCH3 is 2. The van der Waals surface area contributed by atoms with E-state index >= 15 is 0 Å². The Bertz CT molecular complexity index is 417. The molecule has 0 aromatic heterocycles. The van der Waals surface area contributed by atoms with Gasteiger partial charge in [0.25, 0.3) is 0 Å². The molecule has 1 unspecified atom stereocenters. The summed E-state index contributed by atoms with van der Waals surface area (Å²) in [6, 6.07) is 5.51. The molecule has 0 heterocycles. The van der Waals surface area contributed by atoms with E-state index in [4.69, 9.17) is 15.2 Å². The highest BCUT2D eigenvalue weighted by atomic mass is 16.5. The number of hydrogen-bond donors (Lipinski definition) is 2. The molecule has 3 N–H and O–H groups in total. The van der Waals surface area contributed by atoms with Crippen molar-refractivity contribution in [2.45, 2.75) is 19.9 Å². The Morgan fingerprint density at radius 2 is 2.11 bits per heavy atom. The summed E-state index contributed by atoms with van der Waals surface area (Å²) in [5.41, 5.74) is 6.45. The molecule has 0 saturated carbocycles. The van der Waals surface area contributed by atoms with Crippen molar-refractivity contribution in [3.05, 3.63) is 23.8 Å². The second kappa shape index (κ2) is 7.63. The summed E-state index contributed by atoms with van der Waals surface area (Å²) in [7, 11) is 3.19. The zero-order valence-corrected chi connectivity index (χ0v) is 11.7. The van der Waals surface area contributed by atoms with Crippen LogP contribution < -0.4 is 20.5 Å². The molecule has 1 amide bonds. The van der Waals surface area contributed by atoms with Gasteiger partial charge in [-0.25, -0.2) is 0 Å². The second-order valence-corrected chi connectivity index (χ2v) is 4.24. The quantitative estimate of drug-likeness (QED) is 0.780. The molecule has 0 aliphatic heterocycles. The van der Waals surface area contributed by atoms with Crippen LogP contribution in [0.4, 0.5) is 0 Å². The molecule has 19 heavy (non-hydrogen) atoms. The largest absolute Gasteiger partial charge is 0.497 e. The molecule has 0 aliphatic rings. The minimum absolute atomic E-state index is 0.0251. The fraction of sp³-hybridized carbons (Fsp3) is 0.500. The summed E-state index contributed by atoms with van der Waals surface area (Å²) < 4.78 is 10.4. The molecule has 0 aliphatic carbocycles. The first-order valence-corrected chi connectivity index (χ1v) is 6.34. The van der Waals surface area contributed by atoms with Crippen LogP contribution in [-0.4, -0.2) is 26.7 Å². The van der Waals surface area contributed by atoms with Crippen molar-refractivity contribution in [1.29, 1.82) is 0 Å². The van der Waals surface area contributed by atoms with Gasteiger partial charge in [-0.05, 0) is 18.6 Å². The lowest BCUT2D eigenvalue weighted by molar-refractivity contribution is -0.124. The van der Waals surface area contributed by atoms with Gasteiger partial charge < -0.3 is 20.5 Å². The summed E-state index contributed by atoms with van der Waals surface area (Å²) in [5, 5.41) is 2.87. The highest BCUT2D eigenvalue weighted by molar-refractivity contribution is 5.78. The van der Waals surface area contributed by atoms with Crippen molar-refractivity contribution in [2.75, 3.05) is 20.8 Å². The van der Waals surface area contributed by atoms with E-state index in [1.165, 1.54) is 0 Å². The van der Waals surface area contributed by atoms with E-state index in [1.54, 1.807) is 20.3 Å². The molecule has 1 rings (SSSR count). The normalized spacial score (nSPS) is 11.8. The molecule has 0 bridgehead atoms. The van der Waals surface area contributed by atoms with Crippen molar-refractivity contribution >= 4 is 5.91 Å². The van der Waals surface area contributed by atoms with Crippen LogP contribution in [0, 0.1) is 5.92 Å². The minimum Gasteiger partial charge on any atom is -0.497 e. The summed E-state index contributed by atoms with van der Waals surface area (Å²) in [6.45, 7) is 2.73. The van der Waals surface area contributed by atoms with E-state index in [0.29, 0.717) is 18.8 Å². The molecule has 106 valence electrons. The SMILES string of the molecule is CCC(CN)C(=O)NCc1ccc(OC)cc1OC. The van der Waals surface area contributed by atoms with Gasteiger partial charge in [0.05, 0.1) is 14.2 Å². The lowest BCUT2D eigenvalue weighted by Gasteiger charge is -2.14. The number of hydrogen-bond acceptors (Lipinski definition) is 4. The monoisotopic (exact) mass is 266 g/mol. The van der Waals surface area contributed by atoms with Gasteiger partial charge in [-0.1, -0.05) is 6.92 Å². The Kier molecular flexibility index (Phi) is 6.15. The molecule has 1 aromatic rings. The van der Waals surface area contributed by atoms with Crippen LogP contribution in [-0.2, 0) is 11.3 Å². The number of ether oxygens (including phenoxy) is 2. The highest BCUT2D eigenvalue weighted by Crippen LogP contribution is 2.24. The van der Waals surface area contributed by atoms with Crippen molar-refractivity contribution < 1.29 is 14.3 Å². The summed E-state index contributed by atoms with van der Waals surface area (Å²) in [4.78, 5) is 11.8. The maximum atomic E-state index is 11.8. The van der Waals surface area contributed by atoms with Crippen LogP contribution in [0.25, 0.3) is 0 Å². The van der Waals surface area contributed by atoms with Crippen LogP contribution >= 0.6 is 0 Å². The van der Waals surface area contributed by atoms with Gasteiger partial charge in [0, 0.05) is 30.6 Å². The average Bonchev–Trinajstić information content (AvgIpc) is 2.46. The van der Waals surface area contributed by atoms with E-state index in [1.807, 2.05) is 19.1 Å². The van der Waals surface area contributed by atoms with Crippen LogP contribution in [0.15, 0.2) is 18.2 Å². The zero-order chi connectivity index (χ0) is 14.3. The molecule has 5 nitrogen and oxygen atoms in total. The fourth-order valence-corrected chi connectivity index (χ4v) is 1.78. The Labute approximate surface area is 114 Å². The van der Waals surface area contributed by atoms with Crippen molar-refractivity contribution in [3.63, 3.8) is 0 Å². The van der Waals surface area contributed by atoms with Gasteiger partial charge in [0.15, 0.2) is 0 Å². The van der Waals surface area contributed by atoms with E-state index < -0.39 is 0 Å². The van der Waals surface area contributed by atoms with E-state index in [0.717, 1.165) is 17.7 Å². The Morgan fingerprint density at radius 3 is 2.63 bits per heavy atom. The van der Waals surface area contributed by atoms with Crippen LogP contribution in [0.3, 0.4) is 0 Å². The Hall–Kier alpha value is -1.75. The van der Waals surface area contributed by atoms with Gasteiger partial charge >= 0.3 is 0 Å². The smallest absolute Gasteiger partial charge is 0.224 e. The summed E-state index contributed by atoms with van der Waals surface area (Å²) in [6.07, 6.45) is 0.738. The second-order valence-electron chi connectivity index (χ2n) is 4.24. The first-order chi connectivity index (χ1) is 9.15. The van der Waals surface area contributed by atoms with Crippen LogP contribution in [0.5, 0.6) is 11.5 Å². The number of amides is 1. The number of benzene rings is 1. The Balaban J connectivity index is 2.69. The fourth-order valence-electron chi connectivity index (χ4n) is 1.78. The number of carbonyl (C=O) groups excluding carboxylic acids is 1. The molecule has 0 spiro atoms. The molecular weight excluding hydrogens is 244 g/mol. The van der Waals surface area contributed by atoms with Gasteiger partial charge in [-0.2, -0.15) is 0 Å². The molecule has 5 heteroatoms. The molecule has 1 aromatic carbocycles. The number of nitrogens with two attached hydrogens (primary N) is 1. The van der Waals surface area contributed by atoms with Crippen LogP contribution in [0.1, 0.15) is 18.9 Å². The third-order valence-corrected chi connectivity index (χ3v) is 3.10. The standard InChI is InChI=1S/C14H22N2O3/c1-4-10(8-15)14(17)16-9-11-5-6-12(18-2)7-13(11)19-3/h5-7,10H,4,8-9,15H2,1-3H3,(H,16,17). The molecule has 0 fully saturated rings. The molecule has 1 atom stereocenters. The minimum atomic E-state index is -0.135. The maximum absolute atomic E-state index is 11.8. The Morgan fingerprint density at radius 1 is 1.37 bits per heavy atom. The zero-order valence-electron chi connectivity index (χ0n) is 11.7. The lowest BCUT2D eigenvalue weighted by atomic mass is 10.1. The average molecular weight is 266 g/mol. The van der Waals surface area contributed by atoms with E-state index in [-0.39, 0.29) is 11.8 Å². The van der Waals surface area contributed by atoms with Crippen molar-refractivity contribution in [1.82, 2.24) is 5.32 Å². The predicted octanol–water partition coefficient (Wildman–Crippen LogP) is 1.30. The molecule has 0 saturated heterocycles. The number of carbonyl (C=O) groups is 1. The van der Waals surface area contributed by atoms with Crippen molar-refractivity contribution in [2.24, 2.45) is 11.7 Å². The first-order valence-electron chi connectivity index (χ1n) is 6.34. The maximum Gasteiger partial charge on any atom is 0.224 e. The number of rotatable bonds is 7. The number of nitrogens with one attached hydrogen (secondary N) is 1. The molecular formula is C14H22N2O3. The van der Waals surface area contributed by atoms with Gasteiger partial charge in [-0.3, -0.25) is 4.79 Å². The van der Waals surface area contributed by atoms with Gasteiger partial charge in [0.2, 0.25) is 5.91 Å². The lowest BCUT2D eigenvalue weighted by Crippen LogP contribution is -2.34. The predicted molar refractivity (Wildman–Crippen MR) is 74.2 cm³/mol.